The highest BCUT2D eigenvalue weighted by molar-refractivity contribution is 7.91. The van der Waals surface area contributed by atoms with Crippen molar-refractivity contribution in [3.63, 3.8) is 0 Å². The lowest BCUT2D eigenvalue weighted by Crippen LogP contribution is -2.35. The van der Waals surface area contributed by atoms with Crippen molar-refractivity contribution in [2.24, 2.45) is 11.7 Å². The topological polar surface area (TPSA) is 60.2 Å². The summed E-state index contributed by atoms with van der Waals surface area (Å²) in [5.74, 6) is 0.110. The number of benzene rings is 1. The van der Waals surface area contributed by atoms with Crippen molar-refractivity contribution in [1.82, 2.24) is 0 Å². The molecule has 0 bridgehead atoms. The third-order valence-electron chi connectivity index (χ3n) is 2.96. The molecule has 1 aromatic rings. The molecule has 0 aromatic heterocycles. The molecule has 0 aliphatic heterocycles. The molecule has 5 heteroatoms. The first-order valence-corrected chi connectivity index (χ1v) is 7.64. The van der Waals surface area contributed by atoms with Crippen molar-refractivity contribution in [2.75, 3.05) is 5.75 Å². The van der Waals surface area contributed by atoms with Crippen molar-refractivity contribution < 1.29 is 8.42 Å². The van der Waals surface area contributed by atoms with Crippen molar-refractivity contribution in [3.05, 3.63) is 29.3 Å². The molecule has 0 amide bonds. The number of halogens is 1. The van der Waals surface area contributed by atoms with Crippen LogP contribution < -0.4 is 5.73 Å². The number of rotatable bonds is 5. The van der Waals surface area contributed by atoms with Gasteiger partial charge in [-0.3, -0.25) is 0 Å². The molecule has 0 aliphatic rings. The first-order valence-electron chi connectivity index (χ1n) is 5.61. The smallest absolute Gasteiger partial charge is 0.181 e. The molecular weight excluding hydrogens is 258 g/mol. The summed E-state index contributed by atoms with van der Waals surface area (Å²) in [6.45, 7) is 3.94. The molecule has 0 fully saturated rings. The monoisotopic (exact) mass is 275 g/mol. The van der Waals surface area contributed by atoms with Gasteiger partial charge in [0, 0.05) is 6.04 Å². The first kappa shape index (κ1) is 14.5. The van der Waals surface area contributed by atoms with Gasteiger partial charge in [0.25, 0.3) is 0 Å². The Morgan fingerprint density at radius 1 is 1.35 bits per heavy atom. The number of hydrogen-bond acceptors (Lipinski definition) is 3. The molecule has 1 aromatic carbocycles. The molecule has 2 N–H and O–H groups in total. The van der Waals surface area contributed by atoms with Crippen molar-refractivity contribution in [2.45, 2.75) is 31.2 Å². The van der Waals surface area contributed by atoms with Crippen LogP contribution >= 0.6 is 11.6 Å². The molecule has 0 heterocycles. The van der Waals surface area contributed by atoms with E-state index in [4.69, 9.17) is 17.3 Å². The number of hydrogen-bond donors (Lipinski definition) is 1. The van der Waals surface area contributed by atoms with Gasteiger partial charge in [-0.05, 0) is 18.1 Å². The average molecular weight is 276 g/mol. The van der Waals surface area contributed by atoms with Gasteiger partial charge in [0.2, 0.25) is 0 Å². The molecule has 0 radical (unpaired) electrons. The number of nitrogens with two attached hydrogens (primary N) is 1. The fraction of sp³-hybridized carbons (Fsp3) is 0.500. The largest absolute Gasteiger partial charge is 0.327 e. The van der Waals surface area contributed by atoms with Crippen LogP contribution in [0.25, 0.3) is 0 Å². The van der Waals surface area contributed by atoms with Crippen LogP contribution in [-0.2, 0) is 9.84 Å². The molecule has 3 nitrogen and oxygen atoms in total. The summed E-state index contributed by atoms with van der Waals surface area (Å²) in [5.41, 5.74) is 5.88. The van der Waals surface area contributed by atoms with E-state index in [1.54, 1.807) is 18.2 Å². The van der Waals surface area contributed by atoms with E-state index in [-0.39, 0.29) is 27.6 Å². The van der Waals surface area contributed by atoms with E-state index in [9.17, 15) is 8.42 Å². The van der Waals surface area contributed by atoms with Crippen LogP contribution in [0, 0.1) is 5.92 Å². The van der Waals surface area contributed by atoms with E-state index in [0.717, 1.165) is 6.42 Å². The van der Waals surface area contributed by atoms with Gasteiger partial charge in [0.1, 0.15) is 0 Å². The summed E-state index contributed by atoms with van der Waals surface area (Å²) in [6, 6.07) is 6.09. The first-order chi connectivity index (χ1) is 7.88. The zero-order valence-electron chi connectivity index (χ0n) is 10.1. The lowest BCUT2D eigenvalue weighted by atomic mass is 10.0. The normalized spacial score (nSPS) is 15.5. The van der Waals surface area contributed by atoms with Gasteiger partial charge in [0.15, 0.2) is 9.84 Å². The Kier molecular flexibility index (Phi) is 4.98. The fourth-order valence-electron chi connectivity index (χ4n) is 1.51. The van der Waals surface area contributed by atoms with Crippen LogP contribution in [0.2, 0.25) is 5.02 Å². The second kappa shape index (κ2) is 5.85. The van der Waals surface area contributed by atoms with E-state index >= 15 is 0 Å². The molecular formula is C12H18ClNO2S. The summed E-state index contributed by atoms with van der Waals surface area (Å²) in [7, 11) is -3.40. The van der Waals surface area contributed by atoms with Crippen LogP contribution in [0.4, 0.5) is 0 Å². The zero-order chi connectivity index (χ0) is 13.1. The van der Waals surface area contributed by atoms with Gasteiger partial charge in [-0.15, -0.1) is 0 Å². The van der Waals surface area contributed by atoms with Gasteiger partial charge in [0.05, 0.1) is 15.7 Å². The third kappa shape index (κ3) is 3.69. The Morgan fingerprint density at radius 3 is 2.47 bits per heavy atom. The molecule has 0 spiro atoms. The van der Waals surface area contributed by atoms with E-state index in [2.05, 4.69) is 0 Å². The summed E-state index contributed by atoms with van der Waals surface area (Å²) < 4.78 is 24.2. The van der Waals surface area contributed by atoms with Crippen molar-refractivity contribution >= 4 is 21.4 Å². The van der Waals surface area contributed by atoms with Gasteiger partial charge in [-0.1, -0.05) is 44.0 Å². The Bertz CT molecular complexity index is 473. The molecule has 0 aliphatic carbocycles. The molecule has 17 heavy (non-hydrogen) atoms. The highest BCUT2D eigenvalue weighted by Gasteiger charge is 2.23. The van der Waals surface area contributed by atoms with E-state index in [1.807, 2.05) is 13.8 Å². The van der Waals surface area contributed by atoms with Gasteiger partial charge >= 0.3 is 0 Å². The highest BCUT2D eigenvalue weighted by atomic mass is 35.5. The summed E-state index contributed by atoms with van der Waals surface area (Å²) in [5, 5.41) is 0.254. The molecule has 0 saturated carbocycles. The maximum atomic E-state index is 12.1. The maximum Gasteiger partial charge on any atom is 0.181 e. The predicted octanol–water partition coefficient (Wildman–Crippen LogP) is 2.49. The van der Waals surface area contributed by atoms with Crippen molar-refractivity contribution in [1.29, 1.82) is 0 Å². The molecule has 2 unspecified atom stereocenters. The highest BCUT2D eigenvalue weighted by Crippen LogP contribution is 2.23. The molecule has 0 saturated heterocycles. The minimum absolute atomic E-state index is 0.0637. The second-order valence-corrected chi connectivity index (χ2v) is 6.67. The number of sulfone groups is 1. The SMILES string of the molecule is CCC(C)C(N)CS(=O)(=O)c1ccccc1Cl. The Balaban J connectivity index is 2.94. The summed E-state index contributed by atoms with van der Waals surface area (Å²) in [4.78, 5) is 0.167. The van der Waals surface area contributed by atoms with Gasteiger partial charge in [-0.2, -0.15) is 0 Å². The third-order valence-corrected chi connectivity index (χ3v) is 5.25. The van der Waals surface area contributed by atoms with Crippen LogP contribution in [0.5, 0.6) is 0 Å². The second-order valence-electron chi connectivity index (χ2n) is 4.26. The predicted molar refractivity (Wildman–Crippen MR) is 70.9 cm³/mol. The minimum Gasteiger partial charge on any atom is -0.327 e. The van der Waals surface area contributed by atoms with E-state index < -0.39 is 9.84 Å². The molecule has 96 valence electrons. The lowest BCUT2D eigenvalue weighted by molar-refractivity contribution is 0.466. The van der Waals surface area contributed by atoms with Crippen LogP contribution in [0.15, 0.2) is 29.2 Å². The minimum atomic E-state index is -3.40. The van der Waals surface area contributed by atoms with Gasteiger partial charge in [-0.25, -0.2) is 8.42 Å². The molecule has 2 atom stereocenters. The quantitative estimate of drug-likeness (QED) is 0.898. The fourth-order valence-corrected chi connectivity index (χ4v) is 3.66. The van der Waals surface area contributed by atoms with E-state index in [0.29, 0.717) is 0 Å². The zero-order valence-corrected chi connectivity index (χ0v) is 11.6. The molecule has 1 rings (SSSR count). The maximum absolute atomic E-state index is 12.1. The van der Waals surface area contributed by atoms with Crippen LogP contribution in [-0.4, -0.2) is 20.2 Å². The Labute approximate surface area is 108 Å². The van der Waals surface area contributed by atoms with E-state index in [1.165, 1.54) is 6.07 Å². The van der Waals surface area contributed by atoms with Gasteiger partial charge < -0.3 is 5.73 Å². The Morgan fingerprint density at radius 2 is 1.94 bits per heavy atom. The van der Waals surface area contributed by atoms with Crippen molar-refractivity contribution in [3.8, 4) is 0 Å². The Hall–Kier alpha value is -0.580. The standard InChI is InChI=1S/C12H18ClNO2S/c1-3-9(2)11(14)8-17(15,16)12-7-5-4-6-10(12)13/h4-7,9,11H,3,8,14H2,1-2H3. The summed E-state index contributed by atoms with van der Waals surface area (Å²) >= 11 is 5.89. The van der Waals surface area contributed by atoms with Crippen LogP contribution in [0.3, 0.4) is 0 Å². The average Bonchev–Trinajstić information content (AvgIpc) is 2.27. The van der Waals surface area contributed by atoms with Crippen LogP contribution in [0.1, 0.15) is 20.3 Å². The summed E-state index contributed by atoms with van der Waals surface area (Å²) in [6.07, 6.45) is 0.860. The lowest BCUT2D eigenvalue weighted by Gasteiger charge is -2.18.